The van der Waals surface area contributed by atoms with Crippen LogP contribution in [0.4, 0.5) is 5.69 Å². The van der Waals surface area contributed by atoms with Gasteiger partial charge in [-0.2, -0.15) is 0 Å². The van der Waals surface area contributed by atoms with Crippen LogP contribution in [0.25, 0.3) is 0 Å². The van der Waals surface area contributed by atoms with Crippen molar-refractivity contribution in [3.8, 4) is 5.75 Å². The summed E-state index contributed by atoms with van der Waals surface area (Å²) in [4.78, 5) is 12.4. The Labute approximate surface area is 208 Å². The molecule has 1 aromatic heterocycles. The average Bonchev–Trinajstić information content (AvgIpc) is 3.15. The van der Waals surface area contributed by atoms with Gasteiger partial charge in [-0.1, -0.05) is 80.0 Å². The molecule has 174 valence electrons. The van der Waals surface area contributed by atoms with Crippen molar-refractivity contribution in [2.24, 2.45) is 0 Å². The SMILES string of the molecule is C=CCn1c(COc2ccc(C(C)(C)C)cc2)nnc1SCC(=O)Nc1c(Cl)cccc1Cl. The molecule has 0 saturated carbocycles. The molecule has 3 aromatic rings. The van der Waals surface area contributed by atoms with Crippen molar-refractivity contribution in [2.45, 2.75) is 44.5 Å². The Bertz CT molecular complexity index is 1100. The number of halogens is 2. The van der Waals surface area contributed by atoms with Gasteiger partial charge < -0.3 is 10.1 Å². The highest BCUT2D eigenvalue weighted by Crippen LogP contribution is 2.30. The minimum absolute atomic E-state index is 0.0816. The first-order chi connectivity index (χ1) is 15.7. The normalized spacial score (nSPS) is 11.3. The molecule has 3 rings (SSSR count). The van der Waals surface area contributed by atoms with E-state index in [9.17, 15) is 4.79 Å². The van der Waals surface area contributed by atoms with Gasteiger partial charge >= 0.3 is 0 Å². The van der Waals surface area contributed by atoms with Gasteiger partial charge in [-0.05, 0) is 35.2 Å². The van der Waals surface area contributed by atoms with E-state index in [1.54, 1.807) is 24.3 Å². The molecule has 0 aliphatic rings. The minimum Gasteiger partial charge on any atom is -0.486 e. The molecule has 33 heavy (non-hydrogen) atoms. The second-order valence-electron chi connectivity index (χ2n) is 8.29. The molecule has 0 spiro atoms. The number of ether oxygens (including phenoxy) is 1. The smallest absolute Gasteiger partial charge is 0.234 e. The highest BCUT2D eigenvalue weighted by molar-refractivity contribution is 7.99. The zero-order chi connectivity index (χ0) is 24.0. The van der Waals surface area contributed by atoms with E-state index < -0.39 is 0 Å². The molecule has 2 aromatic carbocycles. The molecule has 0 radical (unpaired) electrons. The zero-order valence-electron chi connectivity index (χ0n) is 18.8. The topological polar surface area (TPSA) is 69.0 Å². The number of aromatic nitrogens is 3. The van der Waals surface area contributed by atoms with Crippen molar-refractivity contribution in [3.05, 3.63) is 76.6 Å². The molecule has 0 unspecified atom stereocenters. The minimum atomic E-state index is -0.250. The number of allylic oxidation sites excluding steroid dienone is 1. The number of nitrogens with zero attached hydrogens (tertiary/aromatic N) is 3. The Morgan fingerprint density at radius 3 is 2.42 bits per heavy atom. The molecule has 1 heterocycles. The van der Waals surface area contributed by atoms with Crippen molar-refractivity contribution < 1.29 is 9.53 Å². The van der Waals surface area contributed by atoms with Crippen LogP contribution >= 0.6 is 35.0 Å². The number of rotatable bonds is 9. The monoisotopic (exact) mass is 504 g/mol. The molecule has 1 amide bonds. The molecule has 0 atom stereocenters. The third kappa shape index (κ3) is 6.76. The summed E-state index contributed by atoms with van der Waals surface area (Å²) < 4.78 is 7.79. The second-order valence-corrected chi connectivity index (χ2v) is 10.1. The lowest BCUT2D eigenvalue weighted by Crippen LogP contribution is -2.15. The Hall–Kier alpha value is -2.48. The number of nitrogens with one attached hydrogen (secondary N) is 1. The van der Waals surface area contributed by atoms with Crippen LogP contribution in [0.1, 0.15) is 32.2 Å². The van der Waals surface area contributed by atoms with Crippen molar-refractivity contribution in [1.82, 2.24) is 14.8 Å². The van der Waals surface area contributed by atoms with E-state index in [4.69, 9.17) is 27.9 Å². The fourth-order valence-electron chi connectivity index (χ4n) is 2.97. The van der Waals surface area contributed by atoms with Crippen LogP contribution in [0.2, 0.25) is 10.0 Å². The predicted molar refractivity (Wildman–Crippen MR) is 136 cm³/mol. The lowest BCUT2D eigenvalue weighted by molar-refractivity contribution is -0.113. The molecule has 0 saturated heterocycles. The van der Waals surface area contributed by atoms with E-state index >= 15 is 0 Å². The summed E-state index contributed by atoms with van der Waals surface area (Å²) in [6.45, 7) is 11.1. The summed E-state index contributed by atoms with van der Waals surface area (Å²) in [6.07, 6.45) is 1.75. The van der Waals surface area contributed by atoms with Gasteiger partial charge in [0.1, 0.15) is 12.4 Å². The maximum Gasteiger partial charge on any atom is 0.234 e. The second kappa shape index (κ2) is 11.1. The van der Waals surface area contributed by atoms with E-state index in [0.717, 1.165) is 5.75 Å². The van der Waals surface area contributed by atoms with Crippen LogP contribution < -0.4 is 10.1 Å². The van der Waals surface area contributed by atoms with Crippen molar-refractivity contribution in [3.63, 3.8) is 0 Å². The van der Waals surface area contributed by atoms with E-state index in [0.29, 0.717) is 33.3 Å². The third-order valence-electron chi connectivity index (χ3n) is 4.75. The molecule has 1 N–H and O–H groups in total. The summed E-state index contributed by atoms with van der Waals surface area (Å²) in [5.41, 5.74) is 1.71. The van der Waals surface area contributed by atoms with E-state index in [1.807, 2.05) is 16.7 Å². The Kier molecular flexibility index (Phi) is 8.46. The number of thioether (sulfide) groups is 1. The first kappa shape index (κ1) is 25.1. The summed E-state index contributed by atoms with van der Waals surface area (Å²) in [7, 11) is 0. The highest BCUT2D eigenvalue weighted by Gasteiger charge is 2.16. The van der Waals surface area contributed by atoms with Gasteiger partial charge in [-0.25, -0.2) is 0 Å². The van der Waals surface area contributed by atoms with Gasteiger partial charge in [0.15, 0.2) is 11.0 Å². The van der Waals surface area contributed by atoms with Crippen molar-refractivity contribution in [1.29, 1.82) is 0 Å². The number of para-hydroxylation sites is 1. The fourth-order valence-corrected chi connectivity index (χ4v) is 4.23. The van der Waals surface area contributed by atoms with E-state index in [2.05, 4.69) is 55.0 Å². The van der Waals surface area contributed by atoms with Crippen LogP contribution in [0.3, 0.4) is 0 Å². The van der Waals surface area contributed by atoms with Crippen LogP contribution in [0, 0.1) is 0 Å². The number of benzene rings is 2. The molecule has 0 fully saturated rings. The number of hydrogen-bond donors (Lipinski definition) is 1. The van der Waals surface area contributed by atoms with E-state index in [1.165, 1.54) is 17.3 Å². The van der Waals surface area contributed by atoms with Crippen molar-refractivity contribution >= 4 is 46.6 Å². The maximum atomic E-state index is 12.4. The summed E-state index contributed by atoms with van der Waals surface area (Å²) in [6, 6.07) is 13.1. The maximum absolute atomic E-state index is 12.4. The van der Waals surface area contributed by atoms with Gasteiger partial charge in [0, 0.05) is 6.54 Å². The number of carbonyl (C=O) groups is 1. The van der Waals surface area contributed by atoms with Gasteiger partial charge in [0.05, 0.1) is 21.5 Å². The largest absolute Gasteiger partial charge is 0.486 e. The first-order valence-corrected chi connectivity index (χ1v) is 12.1. The Morgan fingerprint density at radius 1 is 1.15 bits per heavy atom. The van der Waals surface area contributed by atoms with Gasteiger partial charge in [-0.3, -0.25) is 9.36 Å². The van der Waals surface area contributed by atoms with Crippen LogP contribution in [0.5, 0.6) is 5.75 Å². The third-order valence-corrected chi connectivity index (χ3v) is 6.35. The lowest BCUT2D eigenvalue weighted by atomic mass is 9.87. The number of carbonyl (C=O) groups excluding carboxylic acids is 1. The quantitative estimate of drug-likeness (QED) is 0.270. The Morgan fingerprint density at radius 2 is 1.82 bits per heavy atom. The molecular weight excluding hydrogens is 479 g/mol. The van der Waals surface area contributed by atoms with Crippen LogP contribution in [-0.2, 0) is 23.4 Å². The molecule has 0 bridgehead atoms. The summed E-state index contributed by atoms with van der Waals surface area (Å²) in [5.74, 6) is 1.26. The molecule has 6 nitrogen and oxygen atoms in total. The first-order valence-electron chi connectivity index (χ1n) is 10.3. The van der Waals surface area contributed by atoms with Crippen molar-refractivity contribution in [2.75, 3.05) is 11.1 Å². The standard InChI is InChI=1S/C24H26Cl2N4O2S/c1-5-13-30-20(14-32-17-11-9-16(10-12-17)24(2,3)4)28-29-23(30)33-15-21(31)27-22-18(25)7-6-8-19(22)26/h5-12H,1,13-15H2,2-4H3,(H,27,31). The Balaban J connectivity index is 1.63. The number of hydrogen-bond acceptors (Lipinski definition) is 5. The summed E-state index contributed by atoms with van der Waals surface area (Å²) in [5, 5.41) is 12.6. The number of anilines is 1. The summed E-state index contributed by atoms with van der Waals surface area (Å²) >= 11 is 13.5. The van der Waals surface area contributed by atoms with Gasteiger partial charge in [0.25, 0.3) is 0 Å². The molecule has 9 heteroatoms. The predicted octanol–water partition coefficient (Wildman–Crippen LogP) is 6.38. The van der Waals surface area contributed by atoms with Crippen LogP contribution in [-0.4, -0.2) is 26.4 Å². The highest BCUT2D eigenvalue weighted by atomic mass is 35.5. The molecule has 0 aliphatic carbocycles. The van der Waals surface area contributed by atoms with E-state index in [-0.39, 0.29) is 23.7 Å². The van der Waals surface area contributed by atoms with Crippen LogP contribution in [0.15, 0.2) is 60.3 Å². The van der Waals surface area contributed by atoms with Gasteiger partial charge in [0.2, 0.25) is 5.91 Å². The van der Waals surface area contributed by atoms with Gasteiger partial charge in [-0.15, -0.1) is 16.8 Å². The average molecular weight is 505 g/mol. The lowest BCUT2D eigenvalue weighted by Gasteiger charge is -2.19. The fraction of sp³-hybridized carbons (Fsp3) is 0.292. The molecular formula is C24H26Cl2N4O2S. The molecule has 0 aliphatic heterocycles. The number of amides is 1. The zero-order valence-corrected chi connectivity index (χ0v) is 21.1.